The molecule has 0 saturated carbocycles. The molecular weight excluding hydrogens is 302 g/mol. The summed E-state index contributed by atoms with van der Waals surface area (Å²) in [4.78, 5) is 25.3. The lowest BCUT2D eigenvalue weighted by Crippen LogP contribution is -2.30. The summed E-state index contributed by atoms with van der Waals surface area (Å²) in [6.45, 7) is 0.119. The first-order valence-corrected chi connectivity index (χ1v) is 7.66. The molecular formula is C16H17NO4S. The van der Waals surface area contributed by atoms with Gasteiger partial charge >= 0.3 is 5.97 Å². The van der Waals surface area contributed by atoms with E-state index < -0.39 is 5.97 Å². The van der Waals surface area contributed by atoms with E-state index in [9.17, 15) is 9.59 Å². The Bertz CT molecular complexity index is 622. The van der Waals surface area contributed by atoms with E-state index in [0.29, 0.717) is 17.7 Å². The number of hydrogen-bond acceptors (Lipinski definition) is 5. The Morgan fingerprint density at radius 2 is 1.91 bits per heavy atom. The van der Waals surface area contributed by atoms with E-state index in [1.165, 1.54) is 4.90 Å². The summed E-state index contributed by atoms with van der Waals surface area (Å²) < 4.78 is 5.01. The van der Waals surface area contributed by atoms with Crippen LogP contribution in [0.4, 0.5) is 0 Å². The second-order valence-corrected chi connectivity index (χ2v) is 5.59. The number of benzene rings is 1. The number of aliphatic hydroxyl groups excluding tert-OH is 1. The first kappa shape index (κ1) is 16.2. The van der Waals surface area contributed by atoms with Crippen molar-refractivity contribution in [3.05, 3.63) is 57.8 Å². The molecule has 0 aliphatic heterocycles. The van der Waals surface area contributed by atoms with E-state index in [-0.39, 0.29) is 19.1 Å². The van der Waals surface area contributed by atoms with E-state index in [0.717, 1.165) is 5.56 Å². The Kier molecular flexibility index (Phi) is 5.68. The first-order chi connectivity index (χ1) is 10.6. The molecule has 0 unspecified atom stereocenters. The van der Waals surface area contributed by atoms with Crippen LogP contribution in [0, 0.1) is 0 Å². The Morgan fingerprint density at radius 1 is 1.18 bits per heavy atom. The number of ether oxygens (including phenoxy) is 1. The maximum absolute atomic E-state index is 11.9. The molecule has 1 N–H and O–H groups in total. The van der Waals surface area contributed by atoms with Gasteiger partial charge in [-0.2, -0.15) is 11.3 Å². The normalized spacial score (nSPS) is 10.3. The number of nitrogens with zero attached hydrogens (tertiary/aromatic N) is 1. The molecule has 0 spiro atoms. The van der Waals surface area contributed by atoms with E-state index >= 15 is 0 Å². The van der Waals surface area contributed by atoms with Crippen molar-refractivity contribution in [2.24, 2.45) is 0 Å². The van der Waals surface area contributed by atoms with E-state index in [1.807, 2.05) is 16.8 Å². The monoisotopic (exact) mass is 319 g/mol. The molecule has 6 heteroatoms. The number of thiophene rings is 1. The SMILES string of the molecule is CN(Cc1ccsc1)C(=O)COC(=O)c1ccc(CO)cc1. The number of hydrogen-bond donors (Lipinski definition) is 1. The Hall–Kier alpha value is -2.18. The number of esters is 1. The zero-order chi connectivity index (χ0) is 15.9. The minimum atomic E-state index is -0.554. The molecule has 0 atom stereocenters. The fourth-order valence-corrected chi connectivity index (χ4v) is 2.47. The van der Waals surface area contributed by atoms with Gasteiger partial charge < -0.3 is 14.7 Å². The third-order valence-electron chi connectivity index (χ3n) is 3.12. The largest absolute Gasteiger partial charge is 0.452 e. The van der Waals surface area contributed by atoms with E-state index in [1.54, 1.807) is 42.6 Å². The van der Waals surface area contributed by atoms with Gasteiger partial charge in [-0.25, -0.2) is 4.79 Å². The highest BCUT2D eigenvalue weighted by Crippen LogP contribution is 2.09. The Labute approximate surface area is 132 Å². The fraction of sp³-hybridized carbons (Fsp3) is 0.250. The van der Waals surface area contributed by atoms with Crippen LogP contribution in [0.1, 0.15) is 21.5 Å². The van der Waals surface area contributed by atoms with Gasteiger partial charge in [-0.15, -0.1) is 0 Å². The summed E-state index contributed by atoms with van der Waals surface area (Å²) in [5.41, 5.74) is 2.11. The van der Waals surface area contributed by atoms with Crippen molar-refractivity contribution in [1.82, 2.24) is 4.90 Å². The number of likely N-dealkylation sites (N-methyl/N-ethyl adjacent to an activating group) is 1. The molecule has 0 aliphatic carbocycles. The van der Waals surface area contributed by atoms with E-state index in [4.69, 9.17) is 9.84 Å². The molecule has 116 valence electrons. The van der Waals surface area contributed by atoms with Gasteiger partial charge in [-0.3, -0.25) is 4.79 Å². The average Bonchev–Trinajstić information content (AvgIpc) is 3.05. The van der Waals surface area contributed by atoms with Gasteiger partial charge in [0, 0.05) is 13.6 Å². The summed E-state index contributed by atoms with van der Waals surface area (Å²) in [5.74, 6) is -0.812. The molecule has 0 fully saturated rings. The summed E-state index contributed by atoms with van der Waals surface area (Å²) in [7, 11) is 1.67. The van der Waals surface area contributed by atoms with Gasteiger partial charge in [0.1, 0.15) is 0 Å². The molecule has 1 aromatic heterocycles. The summed E-state index contributed by atoms with van der Waals surface area (Å²) in [5, 5.41) is 12.9. The molecule has 1 amide bonds. The number of carbonyl (C=O) groups is 2. The summed E-state index contributed by atoms with van der Waals surface area (Å²) >= 11 is 1.57. The van der Waals surface area contributed by atoms with E-state index in [2.05, 4.69) is 0 Å². The van der Waals surface area contributed by atoms with Crippen LogP contribution in [0.15, 0.2) is 41.1 Å². The lowest BCUT2D eigenvalue weighted by atomic mass is 10.1. The zero-order valence-electron chi connectivity index (χ0n) is 12.2. The maximum atomic E-state index is 11.9. The second kappa shape index (κ2) is 7.72. The van der Waals surface area contributed by atoms with Crippen molar-refractivity contribution in [2.45, 2.75) is 13.2 Å². The highest BCUT2D eigenvalue weighted by molar-refractivity contribution is 7.07. The third kappa shape index (κ3) is 4.41. The Balaban J connectivity index is 1.83. The van der Waals surface area contributed by atoms with Crippen LogP contribution >= 0.6 is 11.3 Å². The molecule has 22 heavy (non-hydrogen) atoms. The zero-order valence-corrected chi connectivity index (χ0v) is 13.0. The molecule has 0 bridgehead atoms. The van der Waals surface area contributed by atoms with Crippen molar-refractivity contribution in [3.8, 4) is 0 Å². The number of amides is 1. The Morgan fingerprint density at radius 3 is 2.50 bits per heavy atom. The highest BCUT2D eigenvalue weighted by atomic mass is 32.1. The predicted molar refractivity (Wildman–Crippen MR) is 83.4 cm³/mol. The van der Waals surface area contributed by atoms with Gasteiger partial charge in [0.2, 0.25) is 0 Å². The van der Waals surface area contributed by atoms with Crippen LogP contribution in [0.5, 0.6) is 0 Å². The van der Waals surface area contributed by atoms with Crippen LogP contribution in [-0.2, 0) is 22.7 Å². The molecule has 0 saturated heterocycles. The number of aliphatic hydroxyl groups is 1. The third-order valence-corrected chi connectivity index (χ3v) is 3.86. The number of rotatable bonds is 6. The van der Waals surface area contributed by atoms with Crippen LogP contribution < -0.4 is 0 Å². The van der Waals surface area contributed by atoms with Crippen molar-refractivity contribution < 1.29 is 19.4 Å². The molecule has 0 aliphatic rings. The topological polar surface area (TPSA) is 66.8 Å². The van der Waals surface area contributed by atoms with Crippen LogP contribution in [0.2, 0.25) is 0 Å². The van der Waals surface area contributed by atoms with Crippen LogP contribution in [-0.4, -0.2) is 35.5 Å². The van der Waals surface area contributed by atoms with Gasteiger partial charge in [0.25, 0.3) is 5.91 Å². The minimum absolute atomic E-state index is 0.0822. The first-order valence-electron chi connectivity index (χ1n) is 6.72. The second-order valence-electron chi connectivity index (χ2n) is 4.81. The van der Waals surface area contributed by atoms with Crippen molar-refractivity contribution in [1.29, 1.82) is 0 Å². The smallest absolute Gasteiger partial charge is 0.338 e. The lowest BCUT2D eigenvalue weighted by molar-refractivity contribution is -0.133. The quantitative estimate of drug-likeness (QED) is 0.828. The van der Waals surface area contributed by atoms with Crippen molar-refractivity contribution >= 4 is 23.2 Å². The molecule has 5 nitrogen and oxygen atoms in total. The van der Waals surface area contributed by atoms with Gasteiger partial charge in [0.05, 0.1) is 12.2 Å². The predicted octanol–water partition coefficient (Wildman–Crippen LogP) is 2.06. The summed E-state index contributed by atoms with van der Waals surface area (Å²) in [6, 6.07) is 8.35. The molecule has 2 rings (SSSR count). The number of carbonyl (C=O) groups excluding carboxylic acids is 2. The molecule has 1 heterocycles. The van der Waals surface area contributed by atoms with Crippen molar-refractivity contribution in [3.63, 3.8) is 0 Å². The van der Waals surface area contributed by atoms with Gasteiger partial charge in [0.15, 0.2) is 6.61 Å². The highest BCUT2D eigenvalue weighted by Gasteiger charge is 2.14. The van der Waals surface area contributed by atoms with Gasteiger partial charge in [-0.05, 0) is 40.1 Å². The summed E-state index contributed by atoms with van der Waals surface area (Å²) in [6.07, 6.45) is 0. The molecule has 0 radical (unpaired) electrons. The van der Waals surface area contributed by atoms with Gasteiger partial charge in [-0.1, -0.05) is 12.1 Å². The minimum Gasteiger partial charge on any atom is -0.452 e. The average molecular weight is 319 g/mol. The lowest BCUT2D eigenvalue weighted by Gasteiger charge is -2.16. The molecule has 1 aromatic carbocycles. The fourth-order valence-electron chi connectivity index (χ4n) is 1.81. The van der Waals surface area contributed by atoms with Crippen LogP contribution in [0.25, 0.3) is 0 Å². The standard InChI is InChI=1S/C16H17NO4S/c1-17(8-13-6-7-22-11-13)15(19)10-21-16(20)14-4-2-12(9-18)3-5-14/h2-7,11,18H,8-10H2,1H3. The maximum Gasteiger partial charge on any atom is 0.338 e. The molecule has 2 aromatic rings. The van der Waals surface area contributed by atoms with Crippen LogP contribution in [0.3, 0.4) is 0 Å². The van der Waals surface area contributed by atoms with Crippen molar-refractivity contribution in [2.75, 3.05) is 13.7 Å².